The molecule has 1 atom stereocenters. The highest BCUT2D eigenvalue weighted by Crippen LogP contribution is 2.25. The van der Waals surface area contributed by atoms with Gasteiger partial charge in [-0.1, -0.05) is 30.3 Å². The van der Waals surface area contributed by atoms with Crippen LogP contribution in [0.5, 0.6) is 0 Å². The molecule has 0 spiro atoms. The maximum Gasteiger partial charge on any atom is 0.326 e. The van der Waals surface area contributed by atoms with E-state index in [9.17, 15) is 14.7 Å². The Kier molecular flexibility index (Phi) is 5.20. The van der Waals surface area contributed by atoms with Gasteiger partial charge in [-0.3, -0.25) is 4.79 Å². The Bertz CT molecular complexity index is 715. The number of thioether (sulfide) groups is 1. The van der Waals surface area contributed by atoms with Crippen molar-refractivity contribution in [1.82, 2.24) is 4.90 Å². The normalized spacial score (nSPS) is 17.0. The van der Waals surface area contributed by atoms with E-state index in [1.165, 1.54) is 10.5 Å². The van der Waals surface area contributed by atoms with E-state index in [4.69, 9.17) is 0 Å². The largest absolute Gasteiger partial charge is 0.480 e. The molecule has 1 heterocycles. The lowest BCUT2D eigenvalue weighted by Gasteiger charge is -2.21. The number of nitrogens with zero attached hydrogens (tertiary/aromatic N) is 1. The van der Waals surface area contributed by atoms with Crippen molar-refractivity contribution < 1.29 is 14.7 Å². The summed E-state index contributed by atoms with van der Waals surface area (Å²) < 4.78 is 0. The van der Waals surface area contributed by atoms with E-state index in [0.717, 1.165) is 17.1 Å². The zero-order valence-electron chi connectivity index (χ0n) is 13.2. The topological polar surface area (TPSA) is 57.6 Å². The molecular weight excluding hydrogens is 322 g/mol. The van der Waals surface area contributed by atoms with Crippen molar-refractivity contribution in [3.8, 4) is 0 Å². The number of likely N-dealkylation sites (tertiary alicyclic amines) is 1. The predicted octanol–water partition coefficient (Wildman–Crippen LogP) is 3.67. The third-order valence-corrected chi connectivity index (χ3v) is 5.23. The Morgan fingerprint density at radius 3 is 2.46 bits per heavy atom. The summed E-state index contributed by atoms with van der Waals surface area (Å²) in [6.45, 7) is 0.514. The van der Waals surface area contributed by atoms with Gasteiger partial charge in [-0.05, 0) is 42.7 Å². The first kappa shape index (κ1) is 16.6. The standard InChI is InChI=1S/C19H19NO3S/c21-18(20-12-4-7-17(20)19(22)23)15-8-10-16(11-9-15)24-13-14-5-2-1-3-6-14/h1-3,5-6,8-11,17H,4,7,12-13H2,(H,22,23)/t17-/m1/s1. The van der Waals surface area contributed by atoms with Crippen molar-refractivity contribution in [3.05, 3.63) is 65.7 Å². The molecule has 5 heteroatoms. The van der Waals surface area contributed by atoms with Gasteiger partial charge in [0.2, 0.25) is 0 Å². The first-order valence-electron chi connectivity index (χ1n) is 7.96. The second kappa shape index (κ2) is 7.53. The van der Waals surface area contributed by atoms with Crippen LogP contribution in [0, 0.1) is 0 Å². The van der Waals surface area contributed by atoms with E-state index in [1.807, 2.05) is 30.3 Å². The Labute approximate surface area is 145 Å². The van der Waals surface area contributed by atoms with Crippen molar-refractivity contribution in [2.45, 2.75) is 29.5 Å². The number of rotatable bonds is 5. The highest BCUT2D eigenvalue weighted by molar-refractivity contribution is 7.98. The van der Waals surface area contributed by atoms with E-state index in [-0.39, 0.29) is 5.91 Å². The summed E-state index contributed by atoms with van der Waals surface area (Å²) in [4.78, 5) is 26.3. The van der Waals surface area contributed by atoms with Gasteiger partial charge in [0.15, 0.2) is 0 Å². The zero-order chi connectivity index (χ0) is 16.9. The number of hydrogen-bond donors (Lipinski definition) is 1. The summed E-state index contributed by atoms with van der Waals surface area (Å²) in [7, 11) is 0. The monoisotopic (exact) mass is 341 g/mol. The maximum absolute atomic E-state index is 12.5. The molecular formula is C19H19NO3S. The fraction of sp³-hybridized carbons (Fsp3) is 0.263. The van der Waals surface area contributed by atoms with Gasteiger partial charge in [-0.2, -0.15) is 0 Å². The van der Waals surface area contributed by atoms with Crippen molar-refractivity contribution in [3.63, 3.8) is 0 Å². The predicted molar refractivity (Wildman–Crippen MR) is 94.1 cm³/mol. The van der Waals surface area contributed by atoms with E-state index in [2.05, 4.69) is 12.1 Å². The molecule has 0 saturated carbocycles. The zero-order valence-corrected chi connectivity index (χ0v) is 14.0. The van der Waals surface area contributed by atoms with Crippen molar-refractivity contribution in [2.75, 3.05) is 6.54 Å². The van der Waals surface area contributed by atoms with Crippen molar-refractivity contribution >= 4 is 23.6 Å². The molecule has 3 rings (SSSR count). The quantitative estimate of drug-likeness (QED) is 0.843. The van der Waals surface area contributed by atoms with Crippen LogP contribution in [0.25, 0.3) is 0 Å². The average Bonchev–Trinajstić information content (AvgIpc) is 3.11. The first-order valence-corrected chi connectivity index (χ1v) is 8.94. The van der Waals surface area contributed by atoms with Crippen LogP contribution in [0.3, 0.4) is 0 Å². The van der Waals surface area contributed by atoms with Gasteiger partial charge in [0.1, 0.15) is 6.04 Å². The molecule has 2 aromatic carbocycles. The Morgan fingerprint density at radius 1 is 1.08 bits per heavy atom. The molecule has 2 aromatic rings. The first-order chi connectivity index (χ1) is 11.6. The summed E-state index contributed by atoms with van der Waals surface area (Å²) >= 11 is 1.71. The Balaban J connectivity index is 1.63. The number of amides is 1. The van der Waals surface area contributed by atoms with Crippen LogP contribution < -0.4 is 0 Å². The van der Waals surface area contributed by atoms with Crippen molar-refractivity contribution in [2.24, 2.45) is 0 Å². The molecule has 1 fully saturated rings. The minimum Gasteiger partial charge on any atom is -0.480 e. The number of carbonyl (C=O) groups excluding carboxylic acids is 1. The van der Waals surface area contributed by atoms with Crippen LogP contribution in [0.15, 0.2) is 59.5 Å². The number of carbonyl (C=O) groups is 2. The Morgan fingerprint density at radius 2 is 1.79 bits per heavy atom. The summed E-state index contributed by atoms with van der Waals surface area (Å²) in [5, 5.41) is 9.20. The van der Waals surface area contributed by atoms with E-state index in [0.29, 0.717) is 18.5 Å². The third kappa shape index (κ3) is 3.79. The molecule has 124 valence electrons. The molecule has 0 aliphatic carbocycles. The lowest BCUT2D eigenvalue weighted by molar-refractivity contribution is -0.141. The summed E-state index contributed by atoms with van der Waals surface area (Å²) in [5.41, 5.74) is 1.80. The van der Waals surface area contributed by atoms with Gasteiger partial charge in [0.05, 0.1) is 0 Å². The molecule has 0 radical (unpaired) electrons. The fourth-order valence-electron chi connectivity index (χ4n) is 2.87. The van der Waals surface area contributed by atoms with Gasteiger partial charge in [0.25, 0.3) is 5.91 Å². The molecule has 1 aliphatic rings. The minimum absolute atomic E-state index is 0.195. The molecule has 1 aliphatic heterocycles. The highest BCUT2D eigenvalue weighted by Gasteiger charge is 2.34. The minimum atomic E-state index is -0.920. The molecule has 0 aromatic heterocycles. The molecule has 1 amide bonds. The number of hydrogen-bond acceptors (Lipinski definition) is 3. The molecule has 1 N–H and O–H groups in total. The summed E-state index contributed by atoms with van der Waals surface area (Å²) in [6.07, 6.45) is 1.28. The van der Waals surface area contributed by atoms with Crippen LogP contribution in [0.1, 0.15) is 28.8 Å². The van der Waals surface area contributed by atoms with Gasteiger partial charge in [0, 0.05) is 22.8 Å². The van der Waals surface area contributed by atoms with Crippen LogP contribution in [-0.4, -0.2) is 34.5 Å². The molecule has 1 saturated heterocycles. The maximum atomic E-state index is 12.5. The van der Waals surface area contributed by atoms with Crippen LogP contribution in [-0.2, 0) is 10.5 Å². The summed E-state index contributed by atoms with van der Waals surface area (Å²) in [5.74, 6) is -0.239. The second-order valence-corrected chi connectivity index (χ2v) is 6.84. The van der Waals surface area contributed by atoms with Crippen molar-refractivity contribution in [1.29, 1.82) is 0 Å². The van der Waals surface area contributed by atoms with Gasteiger partial charge < -0.3 is 10.0 Å². The lowest BCUT2D eigenvalue weighted by atomic mass is 10.1. The molecule has 0 bridgehead atoms. The van der Waals surface area contributed by atoms with Gasteiger partial charge in [-0.25, -0.2) is 4.79 Å². The van der Waals surface area contributed by atoms with Crippen LogP contribution in [0.4, 0.5) is 0 Å². The number of benzene rings is 2. The molecule has 0 unspecified atom stereocenters. The molecule has 24 heavy (non-hydrogen) atoms. The highest BCUT2D eigenvalue weighted by atomic mass is 32.2. The number of aliphatic carboxylic acids is 1. The molecule has 4 nitrogen and oxygen atoms in total. The van der Waals surface area contributed by atoms with Gasteiger partial charge >= 0.3 is 5.97 Å². The number of carboxylic acid groups (broad SMARTS) is 1. The second-order valence-electron chi connectivity index (χ2n) is 5.79. The van der Waals surface area contributed by atoms with E-state index in [1.54, 1.807) is 23.9 Å². The van der Waals surface area contributed by atoms with E-state index >= 15 is 0 Å². The smallest absolute Gasteiger partial charge is 0.326 e. The van der Waals surface area contributed by atoms with E-state index < -0.39 is 12.0 Å². The summed E-state index contributed by atoms with van der Waals surface area (Å²) in [6, 6.07) is 16.9. The SMILES string of the molecule is O=C(O)[C@H]1CCCN1C(=O)c1ccc(SCc2ccccc2)cc1. The number of carboxylic acids is 1. The fourth-order valence-corrected chi connectivity index (χ4v) is 3.72. The van der Waals surface area contributed by atoms with Gasteiger partial charge in [-0.15, -0.1) is 11.8 Å². The Hall–Kier alpha value is -2.27. The average molecular weight is 341 g/mol. The lowest BCUT2D eigenvalue weighted by Crippen LogP contribution is -2.40. The third-order valence-electron chi connectivity index (χ3n) is 4.15. The van der Waals surface area contributed by atoms with Crippen LogP contribution in [0.2, 0.25) is 0 Å². The van der Waals surface area contributed by atoms with Crippen LogP contribution >= 0.6 is 11.8 Å².